The van der Waals surface area contributed by atoms with Crippen molar-refractivity contribution in [3.8, 4) is 5.69 Å². The molecule has 19 heavy (non-hydrogen) atoms. The molecule has 4 heteroatoms. The van der Waals surface area contributed by atoms with E-state index in [1.807, 2.05) is 35.8 Å². The third-order valence-electron chi connectivity index (χ3n) is 3.17. The average molecular weight is 252 g/mol. The first kappa shape index (κ1) is 11.5. The van der Waals surface area contributed by atoms with Gasteiger partial charge in [0.1, 0.15) is 6.33 Å². The fourth-order valence-electron chi connectivity index (χ4n) is 2.17. The van der Waals surface area contributed by atoms with Gasteiger partial charge in [-0.05, 0) is 36.8 Å². The highest BCUT2D eigenvalue weighted by molar-refractivity contribution is 5.92. The van der Waals surface area contributed by atoms with Crippen molar-refractivity contribution in [1.29, 1.82) is 0 Å². The van der Waals surface area contributed by atoms with Crippen LogP contribution in [0.1, 0.15) is 15.9 Å². The summed E-state index contributed by atoms with van der Waals surface area (Å²) in [5.74, 6) is -0.931. The number of hydrogen-bond donors (Lipinski definition) is 1. The molecule has 1 N–H and O–H groups in total. The van der Waals surface area contributed by atoms with Gasteiger partial charge in [0.25, 0.3) is 0 Å². The lowest BCUT2D eigenvalue weighted by atomic mass is 10.1. The summed E-state index contributed by atoms with van der Waals surface area (Å²) < 4.78 is 1.91. The number of imidazole rings is 1. The SMILES string of the molecule is Cc1ccccc1-n1cnc2ccc(C(=O)O)cc21. The number of fused-ring (bicyclic) bond motifs is 1. The van der Waals surface area contributed by atoms with E-state index in [0.717, 1.165) is 22.3 Å². The van der Waals surface area contributed by atoms with E-state index >= 15 is 0 Å². The van der Waals surface area contributed by atoms with Gasteiger partial charge in [0.2, 0.25) is 0 Å². The predicted octanol–water partition coefficient (Wildman–Crippen LogP) is 3.03. The van der Waals surface area contributed by atoms with Crippen LogP contribution >= 0.6 is 0 Å². The number of para-hydroxylation sites is 1. The van der Waals surface area contributed by atoms with E-state index in [2.05, 4.69) is 4.98 Å². The molecule has 1 heterocycles. The number of rotatable bonds is 2. The Bertz CT molecular complexity index is 775. The molecule has 94 valence electrons. The predicted molar refractivity (Wildman–Crippen MR) is 72.8 cm³/mol. The number of carboxylic acids is 1. The Hall–Kier alpha value is -2.62. The quantitative estimate of drug-likeness (QED) is 0.762. The summed E-state index contributed by atoms with van der Waals surface area (Å²) in [6.45, 7) is 2.02. The van der Waals surface area contributed by atoms with E-state index in [1.165, 1.54) is 0 Å². The molecule has 0 aliphatic carbocycles. The Kier molecular flexibility index (Phi) is 2.56. The van der Waals surface area contributed by atoms with Crippen LogP contribution < -0.4 is 0 Å². The van der Waals surface area contributed by atoms with Crippen LogP contribution in [0, 0.1) is 6.92 Å². The molecular weight excluding hydrogens is 240 g/mol. The minimum Gasteiger partial charge on any atom is -0.478 e. The van der Waals surface area contributed by atoms with Gasteiger partial charge in [-0.25, -0.2) is 9.78 Å². The van der Waals surface area contributed by atoms with Crippen molar-refractivity contribution in [2.75, 3.05) is 0 Å². The number of carbonyl (C=O) groups is 1. The maximum Gasteiger partial charge on any atom is 0.335 e. The zero-order chi connectivity index (χ0) is 13.4. The van der Waals surface area contributed by atoms with Crippen LogP contribution in [-0.4, -0.2) is 20.6 Å². The zero-order valence-corrected chi connectivity index (χ0v) is 10.4. The van der Waals surface area contributed by atoms with Crippen LogP contribution in [0.25, 0.3) is 16.7 Å². The largest absolute Gasteiger partial charge is 0.478 e. The first-order chi connectivity index (χ1) is 9.16. The van der Waals surface area contributed by atoms with Gasteiger partial charge in [0.15, 0.2) is 0 Å². The lowest BCUT2D eigenvalue weighted by molar-refractivity contribution is 0.0697. The molecule has 0 fully saturated rings. The normalized spacial score (nSPS) is 10.8. The summed E-state index contributed by atoms with van der Waals surface area (Å²) in [6.07, 6.45) is 1.72. The van der Waals surface area contributed by atoms with Gasteiger partial charge < -0.3 is 5.11 Å². The van der Waals surface area contributed by atoms with Crippen LogP contribution in [-0.2, 0) is 0 Å². The second-order valence-corrected chi connectivity index (χ2v) is 4.41. The van der Waals surface area contributed by atoms with E-state index in [-0.39, 0.29) is 5.56 Å². The van der Waals surface area contributed by atoms with Crippen LogP contribution in [0.3, 0.4) is 0 Å². The number of aromatic carboxylic acids is 1. The third-order valence-corrected chi connectivity index (χ3v) is 3.17. The van der Waals surface area contributed by atoms with E-state index in [0.29, 0.717) is 0 Å². The van der Waals surface area contributed by atoms with Gasteiger partial charge in [-0.2, -0.15) is 0 Å². The van der Waals surface area contributed by atoms with Crippen molar-refractivity contribution in [1.82, 2.24) is 9.55 Å². The lowest BCUT2D eigenvalue weighted by Crippen LogP contribution is -1.98. The molecule has 3 rings (SSSR count). The van der Waals surface area contributed by atoms with Crippen molar-refractivity contribution >= 4 is 17.0 Å². The summed E-state index contributed by atoms with van der Waals surface area (Å²) in [5, 5.41) is 9.07. The molecule has 0 saturated heterocycles. The van der Waals surface area contributed by atoms with Crippen LogP contribution in [0.15, 0.2) is 48.8 Å². The lowest BCUT2D eigenvalue weighted by Gasteiger charge is -2.07. The molecule has 0 radical (unpaired) electrons. The molecular formula is C15H12N2O2. The van der Waals surface area contributed by atoms with Gasteiger partial charge in [-0.15, -0.1) is 0 Å². The van der Waals surface area contributed by atoms with Gasteiger partial charge in [0.05, 0.1) is 22.3 Å². The van der Waals surface area contributed by atoms with E-state index in [1.54, 1.807) is 24.5 Å². The number of benzene rings is 2. The molecule has 0 unspecified atom stereocenters. The standard InChI is InChI=1S/C15H12N2O2/c1-10-4-2-3-5-13(10)17-9-16-12-7-6-11(15(18)19)8-14(12)17/h2-9H,1H3,(H,18,19). The van der Waals surface area contributed by atoms with Crippen molar-refractivity contribution < 1.29 is 9.90 Å². The molecule has 0 amide bonds. The Labute approximate surface area is 109 Å². The monoisotopic (exact) mass is 252 g/mol. The second-order valence-electron chi connectivity index (χ2n) is 4.41. The van der Waals surface area contributed by atoms with Gasteiger partial charge in [-0.3, -0.25) is 4.57 Å². The fraction of sp³-hybridized carbons (Fsp3) is 0.0667. The van der Waals surface area contributed by atoms with Crippen LogP contribution in [0.2, 0.25) is 0 Å². The smallest absolute Gasteiger partial charge is 0.335 e. The first-order valence-corrected chi connectivity index (χ1v) is 5.93. The summed E-state index contributed by atoms with van der Waals surface area (Å²) in [6, 6.07) is 12.9. The minimum absolute atomic E-state index is 0.267. The number of carboxylic acid groups (broad SMARTS) is 1. The zero-order valence-electron chi connectivity index (χ0n) is 10.4. The highest BCUT2D eigenvalue weighted by Crippen LogP contribution is 2.21. The molecule has 3 aromatic rings. The van der Waals surface area contributed by atoms with Gasteiger partial charge in [-0.1, -0.05) is 18.2 Å². The highest BCUT2D eigenvalue weighted by Gasteiger charge is 2.10. The number of aromatic nitrogens is 2. The van der Waals surface area contributed by atoms with Crippen LogP contribution in [0.4, 0.5) is 0 Å². The summed E-state index contributed by atoms with van der Waals surface area (Å²) in [4.78, 5) is 15.4. The molecule has 4 nitrogen and oxygen atoms in total. The Morgan fingerprint density at radius 2 is 2.00 bits per heavy atom. The maximum absolute atomic E-state index is 11.1. The second kappa shape index (κ2) is 4.24. The first-order valence-electron chi connectivity index (χ1n) is 5.93. The number of nitrogens with zero attached hydrogens (tertiary/aromatic N) is 2. The van der Waals surface area contributed by atoms with Crippen molar-refractivity contribution in [3.05, 3.63) is 59.9 Å². The Balaban J connectivity index is 2.27. The summed E-state index contributed by atoms with van der Waals surface area (Å²) in [7, 11) is 0. The summed E-state index contributed by atoms with van der Waals surface area (Å²) >= 11 is 0. The number of aryl methyl sites for hydroxylation is 1. The Morgan fingerprint density at radius 3 is 2.74 bits per heavy atom. The molecule has 0 aliphatic rings. The highest BCUT2D eigenvalue weighted by atomic mass is 16.4. The van der Waals surface area contributed by atoms with Gasteiger partial charge in [0, 0.05) is 0 Å². The molecule has 0 atom stereocenters. The molecule has 0 saturated carbocycles. The van der Waals surface area contributed by atoms with E-state index in [9.17, 15) is 4.79 Å². The van der Waals surface area contributed by atoms with Gasteiger partial charge >= 0.3 is 5.97 Å². The topological polar surface area (TPSA) is 55.1 Å². The van der Waals surface area contributed by atoms with Crippen molar-refractivity contribution in [3.63, 3.8) is 0 Å². The molecule has 2 aromatic carbocycles. The minimum atomic E-state index is -0.931. The molecule has 1 aromatic heterocycles. The number of hydrogen-bond acceptors (Lipinski definition) is 2. The molecule has 0 spiro atoms. The van der Waals surface area contributed by atoms with E-state index < -0.39 is 5.97 Å². The summed E-state index contributed by atoms with van der Waals surface area (Å²) in [5.41, 5.74) is 3.97. The van der Waals surface area contributed by atoms with Crippen molar-refractivity contribution in [2.24, 2.45) is 0 Å². The van der Waals surface area contributed by atoms with Crippen LogP contribution in [0.5, 0.6) is 0 Å². The van der Waals surface area contributed by atoms with E-state index in [4.69, 9.17) is 5.11 Å². The molecule has 0 aliphatic heterocycles. The average Bonchev–Trinajstić information content (AvgIpc) is 2.82. The maximum atomic E-state index is 11.1. The molecule has 0 bridgehead atoms. The Morgan fingerprint density at radius 1 is 1.21 bits per heavy atom. The fourth-order valence-corrected chi connectivity index (χ4v) is 2.17. The van der Waals surface area contributed by atoms with Crippen molar-refractivity contribution in [2.45, 2.75) is 6.92 Å². The third kappa shape index (κ3) is 1.87.